The van der Waals surface area contributed by atoms with Gasteiger partial charge in [-0.25, -0.2) is 5.06 Å². The maximum atomic E-state index is 12.1. The van der Waals surface area contributed by atoms with Crippen LogP contribution in [0.5, 0.6) is 0 Å². The van der Waals surface area contributed by atoms with Gasteiger partial charge in [0.1, 0.15) is 6.56 Å². The van der Waals surface area contributed by atoms with E-state index in [0.29, 0.717) is 5.56 Å². The zero-order chi connectivity index (χ0) is 14.3. The lowest BCUT2D eigenvalue weighted by molar-refractivity contribution is -0.135. The molecule has 0 radical (unpaired) electrons. The second-order valence-corrected chi connectivity index (χ2v) is 4.09. The molecular weight excluding hydrogens is 230 g/mol. The minimum absolute atomic E-state index is 0.245. The number of aryl methyl sites for hydroxylation is 1. The van der Waals surface area contributed by atoms with Crippen LogP contribution in [0.4, 0.5) is 0 Å². The highest BCUT2D eigenvalue weighted by molar-refractivity contribution is 5.97. The van der Waals surface area contributed by atoms with Crippen LogP contribution >= 0.6 is 0 Å². The van der Waals surface area contributed by atoms with Gasteiger partial charge in [-0.15, -0.1) is 0 Å². The lowest BCUT2D eigenvalue weighted by atomic mass is 10.1. The number of benzene rings is 1. The third-order valence-electron chi connectivity index (χ3n) is 2.77. The summed E-state index contributed by atoms with van der Waals surface area (Å²) in [5.74, 6) is -0.326. The Hall–Kier alpha value is -2.14. The summed E-state index contributed by atoms with van der Waals surface area (Å²) in [5, 5.41) is 4.96. The van der Waals surface area contributed by atoms with Crippen molar-refractivity contribution in [2.24, 2.45) is 7.05 Å². The van der Waals surface area contributed by atoms with Crippen molar-refractivity contribution in [3.63, 3.8) is 0 Å². The molecule has 0 unspecified atom stereocenters. The number of hydroxylamine groups is 2. The molecule has 18 heavy (non-hydrogen) atoms. The Kier molecular flexibility index (Phi) is 2.11. The third kappa shape index (κ3) is 1.89. The van der Waals surface area contributed by atoms with E-state index in [9.17, 15) is 4.79 Å². The fourth-order valence-corrected chi connectivity index (χ4v) is 1.88. The number of nitrogens with zero attached hydrogens (tertiary/aromatic N) is 3. The second kappa shape index (κ2) is 4.27. The number of amides is 1. The Morgan fingerprint density at radius 3 is 3.06 bits per heavy atom. The van der Waals surface area contributed by atoms with Crippen molar-refractivity contribution in [1.82, 2.24) is 14.8 Å². The molecule has 0 atom stereocenters. The minimum Gasteiger partial charge on any atom is -0.275 e. The monoisotopic (exact) mass is 245 g/mol. The molecule has 1 aromatic carbocycles. The predicted octanol–water partition coefficient (Wildman–Crippen LogP) is 1.51. The van der Waals surface area contributed by atoms with Gasteiger partial charge in [0.2, 0.25) is 0 Å². The first-order chi connectivity index (χ1) is 9.47. The molecule has 1 aromatic heterocycles. The number of hydrogen-bond acceptors (Lipinski definition) is 3. The van der Waals surface area contributed by atoms with E-state index in [1.807, 2.05) is 12.1 Å². The average Bonchev–Trinajstić information content (AvgIpc) is 2.96. The fourth-order valence-electron chi connectivity index (χ4n) is 1.88. The number of carbonyl (C=O) groups excluding carboxylic acids is 1. The average molecular weight is 245 g/mol. The van der Waals surface area contributed by atoms with Gasteiger partial charge in [-0.05, 0) is 11.6 Å². The van der Waals surface area contributed by atoms with Crippen LogP contribution in [-0.2, 0) is 25.0 Å². The maximum absolute atomic E-state index is 12.1. The Labute approximate surface area is 107 Å². The van der Waals surface area contributed by atoms with Crippen LogP contribution in [0, 0.1) is 0 Å². The molecule has 92 valence electrons. The van der Waals surface area contributed by atoms with Gasteiger partial charge >= 0.3 is 0 Å². The number of hydrogen-bond donors (Lipinski definition) is 0. The van der Waals surface area contributed by atoms with Crippen molar-refractivity contribution in [2.75, 3.05) is 0 Å². The number of rotatable bonds is 3. The molecule has 2 aromatic rings. The molecule has 1 amide bonds. The van der Waals surface area contributed by atoms with Crippen LogP contribution in [-0.4, -0.2) is 20.8 Å². The minimum atomic E-state index is -2.11. The van der Waals surface area contributed by atoms with Gasteiger partial charge in [-0.3, -0.25) is 14.3 Å². The summed E-state index contributed by atoms with van der Waals surface area (Å²) in [5.41, 5.74) is 1.65. The smallest absolute Gasteiger partial charge is 0.275 e. The van der Waals surface area contributed by atoms with E-state index in [2.05, 4.69) is 5.10 Å². The zero-order valence-corrected chi connectivity index (χ0v) is 9.83. The molecule has 5 nitrogen and oxygen atoms in total. The zero-order valence-electron chi connectivity index (χ0n) is 11.8. The molecule has 1 aliphatic heterocycles. The van der Waals surface area contributed by atoms with E-state index in [1.54, 1.807) is 19.2 Å². The summed E-state index contributed by atoms with van der Waals surface area (Å²) in [7, 11) is 1.69. The van der Waals surface area contributed by atoms with Crippen LogP contribution in [0.2, 0.25) is 0 Å². The molecular formula is C13H13N3O2. The molecule has 0 N–H and O–H groups in total. The Balaban J connectivity index is 1.81. The van der Waals surface area contributed by atoms with Crippen molar-refractivity contribution < 1.29 is 12.4 Å². The van der Waals surface area contributed by atoms with Crippen molar-refractivity contribution >= 4 is 5.91 Å². The number of carbonyl (C=O) groups is 1. The van der Waals surface area contributed by atoms with Gasteiger partial charge in [0.05, 0.1) is 15.5 Å². The Bertz CT molecular complexity index is 669. The van der Waals surface area contributed by atoms with E-state index in [0.717, 1.165) is 10.6 Å². The first-order valence-corrected chi connectivity index (χ1v) is 5.55. The largest absolute Gasteiger partial charge is 0.278 e. The first kappa shape index (κ1) is 8.88. The topological polar surface area (TPSA) is 47.4 Å². The van der Waals surface area contributed by atoms with Crippen molar-refractivity contribution in [3.05, 3.63) is 53.3 Å². The normalized spacial score (nSPS) is 16.5. The van der Waals surface area contributed by atoms with Crippen molar-refractivity contribution in [1.29, 1.82) is 0 Å². The molecule has 2 heterocycles. The van der Waals surface area contributed by atoms with Crippen LogP contribution in [0.25, 0.3) is 0 Å². The first-order valence-electron chi connectivity index (χ1n) is 6.55. The van der Waals surface area contributed by atoms with E-state index >= 15 is 0 Å². The molecule has 3 rings (SSSR count). The fraction of sp³-hybridized carbons (Fsp3) is 0.231. The lowest BCUT2D eigenvalue weighted by Crippen LogP contribution is -2.23. The highest BCUT2D eigenvalue weighted by atomic mass is 16.7. The van der Waals surface area contributed by atoms with Gasteiger partial charge in [0.25, 0.3) is 5.91 Å². The van der Waals surface area contributed by atoms with E-state index in [4.69, 9.17) is 7.58 Å². The van der Waals surface area contributed by atoms with E-state index in [1.165, 1.54) is 17.1 Å². The van der Waals surface area contributed by atoms with Crippen LogP contribution < -0.4 is 0 Å². The van der Waals surface area contributed by atoms with Crippen LogP contribution in [0.15, 0.2) is 36.7 Å². The van der Waals surface area contributed by atoms with Gasteiger partial charge in [-0.1, -0.05) is 18.2 Å². The van der Waals surface area contributed by atoms with Crippen LogP contribution in [0.1, 0.15) is 24.2 Å². The summed E-state index contributed by atoms with van der Waals surface area (Å²) in [6, 6.07) is 7.15. The third-order valence-corrected chi connectivity index (χ3v) is 2.77. The molecule has 5 heteroatoms. The Morgan fingerprint density at radius 2 is 2.33 bits per heavy atom. The van der Waals surface area contributed by atoms with Gasteiger partial charge in [-0.2, -0.15) is 5.10 Å². The molecule has 0 spiro atoms. The van der Waals surface area contributed by atoms with Gasteiger partial charge in [0.15, 0.2) is 0 Å². The predicted molar refractivity (Wildman–Crippen MR) is 64.3 cm³/mol. The lowest BCUT2D eigenvalue weighted by Gasteiger charge is -2.14. The summed E-state index contributed by atoms with van der Waals surface area (Å²) in [4.78, 5) is 17.4. The maximum Gasteiger partial charge on any atom is 0.278 e. The second-order valence-electron chi connectivity index (χ2n) is 4.09. The molecule has 0 saturated heterocycles. The molecule has 0 bridgehead atoms. The molecule has 0 saturated carbocycles. The molecule has 1 aliphatic rings. The van der Waals surface area contributed by atoms with E-state index in [-0.39, 0.29) is 18.0 Å². The van der Waals surface area contributed by atoms with Gasteiger partial charge in [0, 0.05) is 24.4 Å². The standard InChI is InChI=1S/C13H13N3O2/c1-15-7-10(6-14-15)9-18-16-8-11-4-2-3-5-12(11)13(16)17/h2-7H,8-9H2,1H3/i9D2. The van der Waals surface area contributed by atoms with Crippen molar-refractivity contribution in [2.45, 2.75) is 13.1 Å². The molecule has 0 fully saturated rings. The van der Waals surface area contributed by atoms with E-state index < -0.39 is 6.56 Å². The molecule has 0 aliphatic carbocycles. The Morgan fingerprint density at radius 1 is 1.50 bits per heavy atom. The highest BCUT2D eigenvalue weighted by Gasteiger charge is 2.27. The quantitative estimate of drug-likeness (QED) is 0.823. The van der Waals surface area contributed by atoms with Crippen molar-refractivity contribution in [3.8, 4) is 0 Å². The van der Waals surface area contributed by atoms with Gasteiger partial charge < -0.3 is 0 Å². The summed E-state index contributed by atoms with van der Waals surface area (Å²) < 4.78 is 17.4. The summed E-state index contributed by atoms with van der Waals surface area (Å²) in [6.07, 6.45) is 2.90. The van der Waals surface area contributed by atoms with Crippen LogP contribution in [0.3, 0.4) is 0 Å². The number of fused-ring (bicyclic) bond motifs is 1. The number of aromatic nitrogens is 2. The summed E-state index contributed by atoms with van der Waals surface area (Å²) in [6.45, 7) is -1.86. The highest BCUT2D eigenvalue weighted by Crippen LogP contribution is 2.22. The summed E-state index contributed by atoms with van der Waals surface area (Å²) >= 11 is 0. The SMILES string of the molecule is [2H]C([2H])(ON1Cc2ccccc2C1=O)c1cnn(C)c1.